The van der Waals surface area contributed by atoms with Gasteiger partial charge >= 0.3 is 0 Å². The highest BCUT2D eigenvalue weighted by Crippen LogP contribution is 2.45. The lowest BCUT2D eigenvalue weighted by Crippen LogP contribution is -2.27. The molecule has 1 unspecified atom stereocenters. The molecular formula is C53H36N2. The zero-order valence-corrected chi connectivity index (χ0v) is 30.2. The Kier molecular flexibility index (Phi) is 7.34. The predicted molar refractivity (Wildman–Crippen MR) is 232 cm³/mol. The minimum absolute atomic E-state index is 0.266. The largest absolute Gasteiger partial charge is 0.292 e. The number of imidazole rings is 1. The van der Waals surface area contributed by atoms with E-state index in [-0.39, 0.29) is 5.92 Å². The quantitative estimate of drug-likeness (QED) is 0.163. The van der Waals surface area contributed by atoms with Crippen LogP contribution in [0.3, 0.4) is 0 Å². The highest BCUT2D eigenvalue weighted by molar-refractivity contribution is 6.17. The van der Waals surface area contributed by atoms with Gasteiger partial charge in [-0.2, -0.15) is 0 Å². The maximum absolute atomic E-state index is 5.12. The van der Waals surface area contributed by atoms with Crippen molar-refractivity contribution in [1.82, 2.24) is 9.55 Å². The van der Waals surface area contributed by atoms with Crippen molar-refractivity contribution in [3.05, 3.63) is 204 Å². The van der Waals surface area contributed by atoms with Gasteiger partial charge in [0.15, 0.2) is 0 Å². The second kappa shape index (κ2) is 12.8. The average Bonchev–Trinajstić information content (AvgIpc) is 3.65. The zero-order chi connectivity index (χ0) is 36.3. The highest BCUT2D eigenvalue weighted by atomic mass is 15.1. The standard InChI is InChI=1S/C53H36N2/c1-2-16-44(17-3-1)55-50-21-11-10-20-49(50)54-53(55)38-26-22-37(23-27-38)41-30-31-47-48(34-41)52(43-29-25-36-13-5-7-15-40(36)33-43)46-19-9-8-18-45(46)51(47)42-28-24-35-12-4-6-14-39(35)32-42/h1-27,29-34,42H,28H2. The summed E-state index contributed by atoms with van der Waals surface area (Å²) in [5, 5.41) is 10.4. The molecular weight excluding hydrogens is 665 g/mol. The van der Waals surface area contributed by atoms with Gasteiger partial charge in [0, 0.05) is 17.2 Å². The van der Waals surface area contributed by atoms with Crippen molar-refractivity contribution in [3.8, 4) is 39.3 Å². The Morgan fingerprint density at radius 3 is 1.98 bits per heavy atom. The molecule has 0 spiro atoms. The van der Waals surface area contributed by atoms with Gasteiger partial charge in [0.1, 0.15) is 5.82 Å². The van der Waals surface area contributed by atoms with Gasteiger partial charge < -0.3 is 0 Å². The Morgan fingerprint density at radius 2 is 1.11 bits per heavy atom. The first-order valence-electron chi connectivity index (χ1n) is 19.2. The van der Waals surface area contributed by atoms with Gasteiger partial charge in [-0.1, -0.05) is 164 Å². The van der Waals surface area contributed by atoms with Crippen molar-refractivity contribution in [2.75, 3.05) is 0 Å². The van der Waals surface area contributed by atoms with E-state index in [0.717, 1.165) is 34.5 Å². The molecule has 258 valence electrons. The smallest absolute Gasteiger partial charge is 0.145 e. The number of hydrogen-bond donors (Lipinski definition) is 0. The molecule has 1 aliphatic carbocycles. The van der Waals surface area contributed by atoms with Crippen molar-refractivity contribution in [2.24, 2.45) is 0 Å². The van der Waals surface area contributed by atoms with Gasteiger partial charge in [-0.25, -0.2) is 4.98 Å². The lowest BCUT2D eigenvalue weighted by atomic mass is 9.80. The molecule has 0 bridgehead atoms. The van der Waals surface area contributed by atoms with E-state index in [1.165, 1.54) is 70.6 Å². The summed E-state index contributed by atoms with van der Waals surface area (Å²) in [5.41, 5.74) is 10.6. The van der Waals surface area contributed by atoms with Crippen LogP contribution in [0.15, 0.2) is 188 Å². The summed E-state index contributed by atoms with van der Waals surface area (Å²) >= 11 is 0. The molecule has 11 rings (SSSR count). The van der Waals surface area contributed by atoms with Gasteiger partial charge in [-0.05, 0) is 113 Å². The van der Waals surface area contributed by atoms with E-state index in [9.17, 15) is 0 Å². The molecule has 0 saturated carbocycles. The Balaban J connectivity index is 1.11. The van der Waals surface area contributed by atoms with Gasteiger partial charge in [0.05, 0.1) is 11.0 Å². The molecule has 0 N–H and O–H groups in total. The van der Waals surface area contributed by atoms with E-state index in [0.29, 0.717) is 0 Å². The van der Waals surface area contributed by atoms with Crippen molar-refractivity contribution in [2.45, 2.75) is 12.3 Å². The van der Waals surface area contributed by atoms with Crippen LogP contribution in [0.4, 0.5) is 0 Å². The molecule has 0 amide bonds. The maximum Gasteiger partial charge on any atom is 0.145 e. The fourth-order valence-corrected chi connectivity index (χ4v) is 8.91. The van der Waals surface area contributed by atoms with Crippen LogP contribution >= 0.6 is 0 Å². The number of para-hydroxylation sites is 3. The Labute approximate surface area is 319 Å². The second-order valence-corrected chi connectivity index (χ2v) is 14.7. The number of benzene rings is 9. The third-order valence-electron chi connectivity index (χ3n) is 11.5. The third-order valence-corrected chi connectivity index (χ3v) is 11.5. The van der Waals surface area contributed by atoms with Crippen LogP contribution in [-0.2, 0) is 0 Å². The molecule has 1 aromatic heterocycles. The number of fused-ring (bicyclic) bond motifs is 5. The van der Waals surface area contributed by atoms with Crippen LogP contribution < -0.4 is 10.4 Å². The summed E-state index contributed by atoms with van der Waals surface area (Å²) in [7, 11) is 0. The van der Waals surface area contributed by atoms with Crippen molar-refractivity contribution in [1.29, 1.82) is 0 Å². The molecule has 0 aliphatic heterocycles. The van der Waals surface area contributed by atoms with Crippen LogP contribution in [0.2, 0.25) is 0 Å². The zero-order valence-electron chi connectivity index (χ0n) is 30.2. The van der Waals surface area contributed by atoms with Gasteiger partial charge in [0.2, 0.25) is 0 Å². The topological polar surface area (TPSA) is 17.8 Å². The molecule has 55 heavy (non-hydrogen) atoms. The summed E-state index contributed by atoms with van der Waals surface area (Å²) in [6.45, 7) is 0. The summed E-state index contributed by atoms with van der Waals surface area (Å²) in [6, 6.07) is 68.4. The average molecular weight is 701 g/mol. The predicted octanol–water partition coefficient (Wildman–Crippen LogP) is 12.2. The summed E-state index contributed by atoms with van der Waals surface area (Å²) < 4.78 is 2.26. The number of hydrogen-bond acceptors (Lipinski definition) is 1. The minimum atomic E-state index is 0.266. The van der Waals surface area contributed by atoms with Crippen LogP contribution in [0.1, 0.15) is 17.9 Å². The van der Waals surface area contributed by atoms with Crippen molar-refractivity contribution < 1.29 is 0 Å². The Morgan fingerprint density at radius 1 is 0.455 bits per heavy atom. The number of rotatable bonds is 5. The maximum atomic E-state index is 5.12. The highest BCUT2D eigenvalue weighted by Gasteiger charge is 2.22. The van der Waals surface area contributed by atoms with Crippen LogP contribution in [0.5, 0.6) is 0 Å². The molecule has 9 aromatic carbocycles. The van der Waals surface area contributed by atoms with Gasteiger partial charge in [0.25, 0.3) is 0 Å². The molecule has 1 atom stereocenters. The molecule has 1 aliphatic rings. The van der Waals surface area contributed by atoms with E-state index in [2.05, 4.69) is 205 Å². The Bertz CT molecular complexity index is 3230. The van der Waals surface area contributed by atoms with Crippen LogP contribution in [0.25, 0.3) is 94.8 Å². The van der Waals surface area contributed by atoms with Gasteiger partial charge in [-0.15, -0.1) is 0 Å². The number of aromatic nitrogens is 2. The first-order chi connectivity index (χ1) is 27.3. The molecule has 0 radical (unpaired) electrons. The molecule has 2 nitrogen and oxygen atoms in total. The molecule has 0 saturated heterocycles. The van der Waals surface area contributed by atoms with Crippen LogP contribution in [-0.4, -0.2) is 9.55 Å². The molecule has 1 heterocycles. The molecule has 2 heteroatoms. The normalized spacial score (nSPS) is 13.9. The third kappa shape index (κ3) is 5.29. The number of nitrogens with zero attached hydrogens (tertiary/aromatic N) is 2. The first kappa shape index (κ1) is 31.5. The minimum Gasteiger partial charge on any atom is -0.292 e. The Hall–Kier alpha value is -7.03. The fraction of sp³-hybridized carbons (Fsp3) is 0.0377. The second-order valence-electron chi connectivity index (χ2n) is 14.7. The van der Waals surface area contributed by atoms with E-state index >= 15 is 0 Å². The SMILES string of the molecule is C1=c2ccccc2=CC(c2c3ccccc3c(-c3ccc4ccccc4c3)c3cc(-c4ccc(-c5nc6ccccc6n5-c5ccccc5)cc4)ccc23)C1. The first-order valence-corrected chi connectivity index (χ1v) is 19.2. The lowest BCUT2D eigenvalue weighted by Gasteiger charge is -2.23. The summed E-state index contributed by atoms with van der Waals surface area (Å²) in [6.07, 6.45) is 5.88. The molecule has 0 fully saturated rings. The van der Waals surface area contributed by atoms with E-state index in [4.69, 9.17) is 4.98 Å². The monoisotopic (exact) mass is 700 g/mol. The summed E-state index contributed by atoms with van der Waals surface area (Å²) in [4.78, 5) is 5.12. The van der Waals surface area contributed by atoms with E-state index in [1.54, 1.807) is 0 Å². The van der Waals surface area contributed by atoms with Crippen molar-refractivity contribution in [3.63, 3.8) is 0 Å². The fourth-order valence-electron chi connectivity index (χ4n) is 8.91. The van der Waals surface area contributed by atoms with Gasteiger partial charge in [-0.3, -0.25) is 4.57 Å². The van der Waals surface area contributed by atoms with E-state index < -0.39 is 0 Å². The molecule has 10 aromatic rings. The lowest BCUT2D eigenvalue weighted by molar-refractivity contribution is 0.940. The van der Waals surface area contributed by atoms with E-state index in [1.807, 2.05) is 0 Å². The summed E-state index contributed by atoms with van der Waals surface area (Å²) in [5.74, 6) is 1.20. The van der Waals surface area contributed by atoms with Crippen LogP contribution in [0, 0.1) is 0 Å². The van der Waals surface area contributed by atoms with Crippen molar-refractivity contribution >= 4 is 55.5 Å².